The van der Waals surface area contributed by atoms with Gasteiger partial charge in [-0.05, 0) is 44.0 Å². The molecule has 0 aliphatic rings. The van der Waals surface area contributed by atoms with Crippen LogP contribution in [-0.4, -0.2) is 4.98 Å². The number of hydrogen-bond donors (Lipinski definition) is 0. The molecule has 0 fully saturated rings. The quantitative estimate of drug-likeness (QED) is 0.852. The molecule has 0 amide bonds. The lowest BCUT2D eigenvalue weighted by Gasteiger charge is -2.06. The van der Waals surface area contributed by atoms with E-state index >= 15 is 0 Å². The molecule has 2 aromatic rings. The Hall–Kier alpha value is -1.86. The summed E-state index contributed by atoms with van der Waals surface area (Å²) < 4.78 is 5.77. The van der Waals surface area contributed by atoms with Crippen molar-refractivity contribution >= 4 is 11.3 Å². The van der Waals surface area contributed by atoms with Gasteiger partial charge < -0.3 is 4.74 Å². The Bertz CT molecular complexity index is 605. The number of aryl methyl sites for hydroxylation is 3. The molecule has 98 valence electrons. The second-order valence-electron chi connectivity index (χ2n) is 4.56. The molecular formula is C15H16N2OS. The Morgan fingerprint density at radius 1 is 1.21 bits per heavy atom. The maximum Gasteiger partial charge on any atom is 0.140 e. The van der Waals surface area contributed by atoms with Crippen molar-refractivity contribution in [3.63, 3.8) is 0 Å². The minimum Gasteiger partial charge on any atom is -0.486 e. The molecule has 0 N–H and O–H groups in total. The van der Waals surface area contributed by atoms with Crippen LogP contribution in [0.3, 0.4) is 0 Å². The average molecular weight is 272 g/mol. The minimum absolute atomic E-state index is 0.424. The van der Waals surface area contributed by atoms with Crippen LogP contribution < -0.4 is 4.74 Å². The number of nitriles is 1. The number of nitrogens with zero attached hydrogens (tertiary/aromatic N) is 2. The van der Waals surface area contributed by atoms with Crippen LogP contribution in [0.2, 0.25) is 0 Å². The Morgan fingerprint density at radius 2 is 1.89 bits per heavy atom. The van der Waals surface area contributed by atoms with Crippen LogP contribution in [0.1, 0.15) is 26.7 Å². The predicted octanol–water partition coefficient (Wildman–Crippen LogP) is 3.71. The fraction of sp³-hybridized carbons (Fsp3) is 0.333. The fourth-order valence-corrected chi connectivity index (χ4v) is 2.86. The molecular weight excluding hydrogens is 256 g/mol. The third-order valence-corrected chi connectivity index (χ3v) is 3.86. The molecule has 4 heteroatoms. The topological polar surface area (TPSA) is 45.9 Å². The normalized spacial score (nSPS) is 10.2. The first kappa shape index (κ1) is 13.6. The Balaban J connectivity index is 2.06. The molecule has 1 heterocycles. The summed E-state index contributed by atoms with van der Waals surface area (Å²) in [5, 5.41) is 9.64. The third kappa shape index (κ3) is 3.55. The van der Waals surface area contributed by atoms with Crippen LogP contribution in [0.15, 0.2) is 18.2 Å². The molecule has 0 aliphatic carbocycles. The van der Waals surface area contributed by atoms with Crippen molar-refractivity contribution in [3.8, 4) is 11.8 Å². The SMILES string of the molecule is Cc1cc(C)cc(OCc2nc(C)c(CC#N)s2)c1. The molecule has 0 spiro atoms. The van der Waals surface area contributed by atoms with Crippen molar-refractivity contribution in [3.05, 3.63) is 44.9 Å². The largest absolute Gasteiger partial charge is 0.486 e. The second-order valence-corrected chi connectivity index (χ2v) is 5.73. The van der Waals surface area contributed by atoms with E-state index in [-0.39, 0.29) is 0 Å². The number of thiazole rings is 1. The minimum atomic E-state index is 0.424. The van der Waals surface area contributed by atoms with Gasteiger partial charge in [0.1, 0.15) is 17.4 Å². The van der Waals surface area contributed by atoms with E-state index in [1.807, 2.05) is 19.1 Å². The summed E-state index contributed by atoms with van der Waals surface area (Å²) in [6.45, 7) is 6.50. The number of aromatic nitrogens is 1. The lowest BCUT2D eigenvalue weighted by molar-refractivity contribution is 0.305. The van der Waals surface area contributed by atoms with Gasteiger partial charge in [0.15, 0.2) is 0 Å². The van der Waals surface area contributed by atoms with Gasteiger partial charge in [-0.25, -0.2) is 4.98 Å². The van der Waals surface area contributed by atoms with Crippen LogP contribution in [-0.2, 0) is 13.0 Å². The van der Waals surface area contributed by atoms with Crippen molar-refractivity contribution in [2.45, 2.75) is 33.8 Å². The van der Waals surface area contributed by atoms with E-state index in [4.69, 9.17) is 10.00 Å². The monoisotopic (exact) mass is 272 g/mol. The summed E-state index contributed by atoms with van der Waals surface area (Å²) in [4.78, 5) is 5.46. The molecule has 3 nitrogen and oxygen atoms in total. The number of ether oxygens (including phenoxy) is 1. The Kier molecular flexibility index (Phi) is 4.18. The summed E-state index contributed by atoms with van der Waals surface area (Å²) >= 11 is 1.55. The van der Waals surface area contributed by atoms with Gasteiger partial charge in [0.2, 0.25) is 0 Å². The first-order valence-corrected chi connectivity index (χ1v) is 6.93. The smallest absolute Gasteiger partial charge is 0.140 e. The van der Waals surface area contributed by atoms with Crippen LogP contribution in [0, 0.1) is 32.1 Å². The number of rotatable bonds is 4. The van der Waals surface area contributed by atoms with E-state index in [1.165, 1.54) is 11.1 Å². The standard InChI is InChI=1S/C15H16N2OS/c1-10-6-11(2)8-13(7-10)18-9-15-17-12(3)14(19-15)4-5-16/h6-8H,4,9H2,1-3H3. The molecule has 0 bridgehead atoms. The molecule has 1 aromatic carbocycles. The summed E-state index contributed by atoms with van der Waals surface area (Å²) in [5.74, 6) is 0.868. The van der Waals surface area contributed by atoms with Crippen molar-refractivity contribution < 1.29 is 4.74 Å². The molecule has 0 aliphatic heterocycles. The van der Waals surface area contributed by atoms with Gasteiger partial charge in [-0.2, -0.15) is 5.26 Å². The third-order valence-electron chi connectivity index (χ3n) is 2.73. The molecule has 0 saturated carbocycles. The van der Waals surface area contributed by atoms with Crippen LogP contribution in [0.4, 0.5) is 0 Å². The fourth-order valence-electron chi connectivity index (χ4n) is 1.95. The van der Waals surface area contributed by atoms with E-state index in [0.717, 1.165) is 21.3 Å². The number of benzene rings is 1. The molecule has 19 heavy (non-hydrogen) atoms. The highest BCUT2D eigenvalue weighted by Crippen LogP contribution is 2.22. The van der Waals surface area contributed by atoms with Gasteiger partial charge in [0, 0.05) is 4.88 Å². The average Bonchev–Trinajstić information content (AvgIpc) is 2.67. The summed E-state index contributed by atoms with van der Waals surface area (Å²) in [6.07, 6.45) is 0.424. The van der Waals surface area contributed by atoms with Gasteiger partial charge in [-0.15, -0.1) is 11.3 Å². The van der Waals surface area contributed by atoms with Gasteiger partial charge >= 0.3 is 0 Å². The van der Waals surface area contributed by atoms with Gasteiger partial charge in [-0.3, -0.25) is 0 Å². The molecule has 0 atom stereocenters. The molecule has 0 saturated heterocycles. The summed E-state index contributed by atoms with van der Waals surface area (Å²) in [7, 11) is 0. The van der Waals surface area contributed by atoms with Gasteiger partial charge in [-0.1, -0.05) is 6.07 Å². The van der Waals surface area contributed by atoms with Crippen molar-refractivity contribution in [1.29, 1.82) is 5.26 Å². The van der Waals surface area contributed by atoms with Crippen molar-refractivity contribution in [2.75, 3.05) is 0 Å². The molecule has 0 unspecified atom stereocenters. The van der Waals surface area contributed by atoms with Crippen molar-refractivity contribution in [2.24, 2.45) is 0 Å². The highest BCUT2D eigenvalue weighted by atomic mass is 32.1. The summed E-state index contributed by atoms with van der Waals surface area (Å²) in [5.41, 5.74) is 3.32. The Morgan fingerprint density at radius 3 is 2.53 bits per heavy atom. The second kappa shape index (κ2) is 5.85. The Labute approximate surface area is 117 Å². The van der Waals surface area contributed by atoms with Crippen LogP contribution in [0.25, 0.3) is 0 Å². The molecule has 2 rings (SSSR count). The molecule has 1 aromatic heterocycles. The van der Waals surface area contributed by atoms with E-state index in [2.05, 4.69) is 31.0 Å². The van der Waals surface area contributed by atoms with Gasteiger partial charge in [0.25, 0.3) is 0 Å². The summed E-state index contributed by atoms with van der Waals surface area (Å²) in [6, 6.07) is 8.31. The van der Waals surface area contributed by atoms with Crippen LogP contribution >= 0.6 is 11.3 Å². The molecule has 0 radical (unpaired) electrons. The zero-order valence-corrected chi connectivity index (χ0v) is 12.2. The lowest BCUT2D eigenvalue weighted by atomic mass is 10.1. The maximum atomic E-state index is 8.72. The zero-order chi connectivity index (χ0) is 13.8. The van der Waals surface area contributed by atoms with Gasteiger partial charge in [0.05, 0.1) is 18.2 Å². The van der Waals surface area contributed by atoms with E-state index in [9.17, 15) is 0 Å². The van der Waals surface area contributed by atoms with Crippen molar-refractivity contribution in [1.82, 2.24) is 4.98 Å². The maximum absolute atomic E-state index is 8.72. The predicted molar refractivity (Wildman–Crippen MR) is 76.4 cm³/mol. The first-order valence-electron chi connectivity index (χ1n) is 6.11. The first-order chi connectivity index (χ1) is 9.08. The highest BCUT2D eigenvalue weighted by Gasteiger charge is 2.08. The van der Waals surface area contributed by atoms with E-state index in [0.29, 0.717) is 13.0 Å². The lowest BCUT2D eigenvalue weighted by Crippen LogP contribution is -1.95. The van der Waals surface area contributed by atoms with Crippen LogP contribution in [0.5, 0.6) is 5.75 Å². The van der Waals surface area contributed by atoms with E-state index < -0.39 is 0 Å². The number of hydrogen-bond acceptors (Lipinski definition) is 4. The zero-order valence-electron chi connectivity index (χ0n) is 11.4. The highest BCUT2D eigenvalue weighted by molar-refractivity contribution is 7.11. The van der Waals surface area contributed by atoms with E-state index in [1.54, 1.807) is 11.3 Å².